The van der Waals surface area contributed by atoms with Crippen molar-refractivity contribution < 1.29 is 32.9 Å². The zero-order chi connectivity index (χ0) is 26.2. The third-order valence-corrected chi connectivity index (χ3v) is 6.14. The van der Waals surface area contributed by atoms with Crippen LogP contribution in [-0.4, -0.2) is 69.6 Å². The fourth-order valence-corrected chi connectivity index (χ4v) is 4.30. The van der Waals surface area contributed by atoms with Crippen molar-refractivity contribution in [3.63, 3.8) is 0 Å². The molecule has 2 bridgehead atoms. The third kappa shape index (κ3) is 5.13. The van der Waals surface area contributed by atoms with E-state index in [1.165, 1.54) is 35.5 Å². The molecule has 37 heavy (non-hydrogen) atoms. The van der Waals surface area contributed by atoms with E-state index in [9.17, 15) is 23.1 Å². The monoisotopic (exact) mass is 516 g/mol. The number of amides is 2. The number of aromatic nitrogens is 3. The van der Waals surface area contributed by atoms with Gasteiger partial charge >= 0.3 is 12.2 Å². The normalized spacial score (nSPS) is 17.4. The van der Waals surface area contributed by atoms with Crippen LogP contribution in [0.5, 0.6) is 5.88 Å². The van der Waals surface area contributed by atoms with Crippen molar-refractivity contribution in [2.75, 3.05) is 41.4 Å². The summed E-state index contributed by atoms with van der Waals surface area (Å²) in [6.45, 7) is 0.709. The topological polar surface area (TPSA) is 124 Å². The number of aliphatic hydroxyl groups is 2. The Bertz CT molecular complexity index is 1290. The van der Waals surface area contributed by atoms with Gasteiger partial charge in [-0.15, -0.1) is 0 Å². The number of benzene rings is 1. The number of hydrogen-bond acceptors (Lipinski definition) is 8. The van der Waals surface area contributed by atoms with Crippen molar-refractivity contribution in [2.24, 2.45) is 0 Å². The van der Waals surface area contributed by atoms with Crippen LogP contribution in [0.25, 0.3) is 11.4 Å². The van der Waals surface area contributed by atoms with E-state index in [1.54, 1.807) is 6.07 Å². The number of halogens is 3. The number of carbonyl (C=O) groups is 1. The van der Waals surface area contributed by atoms with Crippen molar-refractivity contribution in [1.29, 1.82) is 0 Å². The molecule has 0 aliphatic carbocycles. The van der Waals surface area contributed by atoms with Crippen LogP contribution in [0.15, 0.2) is 48.8 Å². The highest BCUT2D eigenvalue weighted by Crippen LogP contribution is 2.40. The minimum Gasteiger partial charge on any atom is -0.475 e. The van der Waals surface area contributed by atoms with Crippen molar-refractivity contribution in [3.05, 3.63) is 54.4 Å². The number of urea groups is 1. The van der Waals surface area contributed by atoms with Crippen LogP contribution >= 0.6 is 0 Å². The summed E-state index contributed by atoms with van der Waals surface area (Å²) in [5, 5.41) is 21.0. The highest BCUT2D eigenvalue weighted by atomic mass is 19.4. The first kappa shape index (κ1) is 24.7. The number of aliphatic hydroxyl groups excluding tert-OH is 2. The molecular formula is C24H23F3N6O4. The van der Waals surface area contributed by atoms with Gasteiger partial charge in [-0.05, 0) is 24.6 Å². The molecule has 2 aliphatic heterocycles. The molecule has 5 rings (SSSR count). The lowest BCUT2D eigenvalue weighted by molar-refractivity contribution is -0.137. The second kappa shape index (κ2) is 9.82. The zero-order valence-electron chi connectivity index (χ0n) is 19.4. The molecule has 0 spiro atoms. The van der Waals surface area contributed by atoms with Gasteiger partial charge in [0, 0.05) is 24.7 Å². The van der Waals surface area contributed by atoms with Crippen LogP contribution in [0.1, 0.15) is 12.0 Å². The van der Waals surface area contributed by atoms with E-state index in [0.717, 1.165) is 12.1 Å². The van der Waals surface area contributed by atoms with E-state index in [0.29, 0.717) is 36.7 Å². The number of ether oxygens (including phenoxy) is 1. The average Bonchev–Trinajstić information content (AvgIpc) is 3.31. The lowest BCUT2D eigenvalue weighted by Gasteiger charge is -2.35. The number of hydrogen-bond donors (Lipinski definition) is 3. The molecule has 3 N–H and O–H groups in total. The standard InChI is InChI=1S/C24H23F3N6O4/c25-24(26,27)15-3-1-2-14(8-15)21-29-10-19-22(31-21)33(17-6-7-32(19)11-17)23(36)30-16-4-5-20(28-9-16)37-13-18(35)12-34/h1-5,8-10,17-18,34-35H,6-7,11-13H2,(H,30,36)/t17?,18-/m0/s1. The molecule has 10 nitrogen and oxygen atoms in total. The van der Waals surface area contributed by atoms with Gasteiger partial charge in [0.25, 0.3) is 0 Å². The summed E-state index contributed by atoms with van der Waals surface area (Å²) in [7, 11) is 0. The van der Waals surface area contributed by atoms with Crippen molar-refractivity contribution in [1.82, 2.24) is 15.0 Å². The summed E-state index contributed by atoms with van der Waals surface area (Å²) < 4.78 is 44.9. The first-order valence-corrected chi connectivity index (χ1v) is 11.5. The Hall–Kier alpha value is -3.97. The largest absolute Gasteiger partial charge is 0.475 e. The minimum absolute atomic E-state index is 0.0818. The molecule has 1 unspecified atom stereocenters. The van der Waals surface area contributed by atoms with Gasteiger partial charge < -0.3 is 25.2 Å². The summed E-state index contributed by atoms with van der Waals surface area (Å²) in [4.78, 5) is 29.8. The Labute approximate surface area is 209 Å². The smallest absolute Gasteiger partial charge is 0.416 e. The van der Waals surface area contributed by atoms with Crippen LogP contribution in [0.3, 0.4) is 0 Å². The van der Waals surface area contributed by atoms with Crippen molar-refractivity contribution >= 4 is 23.2 Å². The maximum atomic E-state index is 13.4. The number of anilines is 3. The Balaban J connectivity index is 1.39. The summed E-state index contributed by atoms with van der Waals surface area (Å²) in [5.74, 6) is 0.608. The molecule has 194 valence electrons. The van der Waals surface area contributed by atoms with Gasteiger partial charge in [0.1, 0.15) is 12.7 Å². The number of pyridine rings is 1. The van der Waals surface area contributed by atoms with Crippen molar-refractivity contribution in [3.8, 4) is 17.3 Å². The van der Waals surface area contributed by atoms with Crippen LogP contribution in [0.4, 0.5) is 35.2 Å². The lowest BCUT2D eigenvalue weighted by atomic mass is 10.1. The van der Waals surface area contributed by atoms with Crippen LogP contribution in [0, 0.1) is 0 Å². The van der Waals surface area contributed by atoms with E-state index in [1.807, 2.05) is 4.90 Å². The first-order valence-electron chi connectivity index (χ1n) is 11.5. The van der Waals surface area contributed by atoms with E-state index in [4.69, 9.17) is 9.84 Å². The van der Waals surface area contributed by atoms with Crippen LogP contribution in [-0.2, 0) is 6.18 Å². The molecule has 1 fully saturated rings. The van der Waals surface area contributed by atoms with Crippen LogP contribution < -0.4 is 19.9 Å². The summed E-state index contributed by atoms with van der Waals surface area (Å²) >= 11 is 0. The van der Waals surface area contributed by atoms with E-state index in [2.05, 4.69) is 20.3 Å². The molecule has 2 aromatic heterocycles. The highest BCUT2D eigenvalue weighted by Gasteiger charge is 2.41. The van der Waals surface area contributed by atoms with Gasteiger partial charge in [-0.3, -0.25) is 4.90 Å². The Morgan fingerprint density at radius 2 is 2.05 bits per heavy atom. The molecule has 1 saturated heterocycles. The maximum Gasteiger partial charge on any atom is 0.416 e. The van der Waals surface area contributed by atoms with Crippen LogP contribution in [0.2, 0.25) is 0 Å². The van der Waals surface area contributed by atoms with Gasteiger partial charge in [-0.2, -0.15) is 13.2 Å². The summed E-state index contributed by atoms with van der Waals surface area (Å²) in [5.41, 5.74) is 0.394. The van der Waals surface area contributed by atoms with Gasteiger partial charge in [0.2, 0.25) is 5.88 Å². The molecule has 4 heterocycles. The highest BCUT2D eigenvalue weighted by molar-refractivity contribution is 6.04. The molecular weight excluding hydrogens is 493 g/mol. The maximum absolute atomic E-state index is 13.4. The van der Waals surface area contributed by atoms with Gasteiger partial charge in [-0.1, -0.05) is 12.1 Å². The molecule has 13 heteroatoms. The van der Waals surface area contributed by atoms with E-state index >= 15 is 0 Å². The Morgan fingerprint density at radius 3 is 2.78 bits per heavy atom. The quantitative estimate of drug-likeness (QED) is 0.457. The number of fused-ring (bicyclic) bond motifs is 4. The number of nitrogens with zero attached hydrogens (tertiary/aromatic N) is 5. The van der Waals surface area contributed by atoms with Crippen molar-refractivity contribution in [2.45, 2.75) is 24.7 Å². The second-order valence-electron chi connectivity index (χ2n) is 8.70. The Kier molecular flexibility index (Phi) is 6.56. The first-order chi connectivity index (χ1) is 17.7. The fraction of sp³-hybridized carbons (Fsp3) is 0.333. The van der Waals surface area contributed by atoms with E-state index in [-0.39, 0.29) is 29.9 Å². The average molecular weight is 516 g/mol. The summed E-state index contributed by atoms with van der Waals surface area (Å²) in [6, 6.07) is 7.20. The number of alkyl halides is 3. The number of nitrogens with one attached hydrogen (secondary N) is 1. The lowest BCUT2D eigenvalue weighted by Crippen LogP contribution is -2.48. The molecule has 0 saturated carbocycles. The zero-order valence-corrected chi connectivity index (χ0v) is 19.4. The number of carbonyl (C=O) groups excluding carboxylic acids is 1. The fourth-order valence-electron chi connectivity index (χ4n) is 4.30. The van der Waals surface area contributed by atoms with Gasteiger partial charge in [0.15, 0.2) is 11.6 Å². The minimum atomic E-state index is -4.51. The predicted molar refractivity (Wildman–Crippen MR) is 127 cm³/mol. The second-order valence-corrected chi connectivity index (χ2v) is 8.70. The Morgan fingerprint density at radius 1 is 1.22 bits per heavy atom. The molecule has 0 radical (unpaired) electrons. The SMILES string of the molecule is O=C(Nc1ccc(OC[C@@H](O)CO)nc1)N1c2nc(-c3cccc(C(F)(F)F)c3)ncc2N2CCC1C2. The predicted octanol–water partition coefficient (Wildman–Crippen LogP) is 2.92. The van der Waals surface area contributed by atoms with Gasteiger partial charge in [0.05, 0.1) is 42.0 Å². The van der Waals surface area contributed by atoms with Gasteiger partial charge in [-0.25, -0.2) is 19.7 Å². The number of rotatable bonds is 6. The molecule has 2 aliphatic rings. The molecule has 3 aromatic rings. The molecule has 1 aromatic carbocycles. The summed E-state index contributed by atoms with van der Waals surface area (Å²) in [6.07, 6.45) is -1.92. The van der Waals surface area contributed by atoms with E-state index < -0.39 is 30.5 Å². The third-order valence-electron chi connectivity index (χ3n) is 6.14. The molecule has 2 atom stereocenters. The molecule has 2 amide bonds.